The van der Waals surface area contributed by atoms with Gasteiger partial charge in [-0.05, 0) is 12.1 Å². The van der Waals surface area contributed by atoms with E-state index in [1.807, 2.05) is 0 Å². The Balaban J connectivity index is 2.47. The van der Waals surface area contributed by atoms with E-state index in [2.05, 4.69) is 15.3 Å². The Morgan fingerprint density at radius 3 is 2.60 bits per heavy atom. The summed E-state index contributed by atoms with van der Waals surface area (Å²) < 4.78 is 25.6. The molecule has 0 aliphatic rings. The van der Waals surface area contributed by atoms with Crippen molar-refractivity contribution in [3.8, 4) is 0 Å². The number of para-hydroxylation sites is 1. The van der Waals surface area contributed by atoms with E-state index < -0.39 is 10.0 Å². The average molecular weight is 313 g/mol. The van der Waals surface area contributed by atoms with Crippen LogP contribution in [0.5, 0.6) is 0 Å². The molecule has 0 spiro atoms. The minimum Gasteiger partial charge on any atom is -0.338 e. The second kappa shape index (κ2) is 5.74. The van der Waals surface area contributed by atoms with Gasteiger partial charge in [0.25, 0.3) is 0 Å². The Morgan fingerprint density at radius 1 is 1.25 bits per heavy atom. The van der Waals surface area contributed by atoms with Crippen LogP contribution in [0.15, 0.2) is 41.7 Å². The van der Waals surface area contributed by atoms with E-state index in [4.69, 9.17) is 11.6 Å². The fraction of sp³-hybridized carbons (Fsp3) is 0.167. The van der Waals surface area contributed by atoms with Crippen LogP contribution in [-0.4, -0.2) is 36.8 Å². The molecule has 0 saturated heterocycles. The number of hydrogen-bond acceptors (Lipinski definition) is 5. The van der Waals surface area contributed by atoms with Crippen LogP contribution in [-0.2, 0) is 10.0 Å². The summed E-state index contributed by atoms with van der Waals surface area (Å²) in [7, 11) is -0.604. The van der Waals surface area contributed by atoms with E-state index in [0.717, 1.165) is 4.31 Å². The van der Waals surface area contributed by atoms with E-state index in [9.17, 15) is 8.42 Å². The van der Waals surface area contributed by atoms with Crippen LogP contribution in [0.25, 0.3) is 0 Å². The maximum Gasteiger partial charge on any atom is 0.244 e. The molecule has 2 aromatic rings. The Hall–Kier alpha value is -1.70. The van der Waals surface area contributed by atoms with E-state index in [-0.39, 0.29) is 4.90 Å². The molecule has 8 heteroatoms. The minimum absolute atomic E-state index is 0.152. The van der Waals surface area contributed by atoms with Gasteiger partial charge in [-0.25, -0.2) is 22.7 Å². The summed E-state index contributed by atoms with van der Waals surface area (Å²) in [5.41, 5.74) is 0.404. The summed E-state index contributed by atoms with van der Waals surface area (Å²) in [5.74, 6) is 0.350. The lowest BCUT2D eigenvalue weighted by Crippen LogP contribution is -2.23. The number of benzene rings is 1. The van der Waals surface area contributed by atoms with Crippen LogP contribution in [0, 0.1) is 0 Å². The first-order valence-corrected chi connectivity index (χ1v) is 7.49. The molecule has 0 amide bonds. The summed E-state index contributed by atoms with van der Waals surface area (Å²) in [6.45, 7) is 0. The van der Waals surface area contributed by atoms with Gasteiger partial charge in [0.05, 0.1) is 11.9 Å². The molecule has 1 N–H and O–H groups in total. The standard InChI is InChI=1S/C12H13ClN4O2S/c1-17(2)20(18,19)11-6-4-3-5-10(11)16-12-9(13)7-14-8-15-12/h3-8H,1-2H3,(H,14,15,16). The van der Waals surface area contributed by atoms with Crippen LogP contribution in [0.2, 0.25) is 5.02 Å². The van der Waals surface area contributed by atoms with Crippen molar-refractivity contribution < 1.29 is 8.42 Å². The third-order valence-electron chi connectivity index (χ3n) is 2.57. The molecule has 0 atom stereocenters. The zero-order chi connectivity index (χ0) is 14.8. The van der Waals surface area contributed by atoms with Gasteiger partial charge in [-0.15, -0.1) is 0 Å². The van der Waals surface area contributed by atoms with Crippen LogP contribution in [0.1, 0.15) is 0 Å². The second-order valence-corrected chi connectivity index (χ2v) is 6.66. The Labute approximate surface area is 122 Å². The number of nitrogens with zero attached hydrogens (tertiary/aromatic N) is 3. The Kier molecular flexibility index (Phi) is 4.22. The maximum atomic E-state index is 12.2. The van der Waals surface area contributed by atoms with Crippen LogP contribution in [0.4, 0.5) is 11.5 Å². The summed E-state index contributed by atoms with van der Waals surface area (Å²) in [4.78, 5) is 7.91. The van der Waals surface area contributed by atoms with Gasteiger partial charge in [0.15, 0.2) is 5.82 Å². The second-order valence-electron chi connectivity index (χ2n) is 4.13. The lowest BCUT2D eigenvalue weighted by Gasteiger charge is -2.16. The lowest BCUT2D eigenvalue weighted by molar-refractivity contribution is 0.521. The normalized spacial score (nSPS) is 11.6. The average Bonchev–Trinajstić information content (AvgIpc) is 2.41. The predicted octanol–water partition coefficient (Wildman–Crippen LogP) is 2.12. The highest BCUT2D eigenvalue weighted by atomic mass is 35.5. The summed E-state index contributed by atoms with van der Waals surface area (Å²) in [5, 5.41) is 3.22. The molecule has 0 fully saturated rings. The third kappa shape index (κ3) is 2.90. The topological polar surface area (TPSA) is 75.2 Å². The highest BCUT2D eigenvalue weighted by Crippen LogP contribution is 2.28. The van der Waals surface area contributed by atoms with E-state index >= 15 is 0 Å². The predicted molar refractivity (Wildman–Crippen MR) is 77.6 cm³/mol. The van der Waals surface area contributed by atoms with Crippen molar-refractivity contribution in [2.75, 3.05) is 19.4 Å². The SMILES string of the molecule is CN(C)S(=O)(=O)c1ccccc1Nc1ncncc1Cl. The quantitative estimate of drug-likeness (QED) is 0.936. The van der Waals surface area contributed by atoms with Crippen molar-refractivity contribution in [2.45, 2.75) is 4.90 Å². The van der Waals surface area contributed by atoms with Crippen LogP contribution >= 0.6 is 11.6 Å². The number of halogens is 1. The summed E-state index contributed by atoms with van der Waals surface area (Å²) >= 11 is 5.96. The van der Waals surface area contributed by atoms with Crippen molar-refractivity contribution in [1.29, 1.82) is 0 Å². The van der Waals surface area contributed by atoms with Crippen molar-refractivity contribution in [2.24, 2.45) is 0 Å². The number of anilines is 2. The van der Waals surface area contributed by atoms with Gasteiger partial charge < -0.3 is 5.32 Å². The van der Waals surface area contributed by atoms with E-state index in [0.29, 0.717) is 16.5 Å². The first-order valence-electron chi connectivity index (χ1n) is 5.67. The van der Waals surface area contributed by atoms with Gasteiger partial charge in [-0.3, -0.25) is 0 Å². The molecule has 0 radical (unpaired) electrons. The van der Waals surface area contributed by atoms with Crippen molar-refractivity contribution >= 4 is 33.1 Å². The zero-order valence-electron chi connectivity index (χ0n) is 10.9. The lowest BCUT2D eigenvalue weighted by atomic mass is 10.3. The van der Waals surface area contributed by atoms with Gasteiger partial charge in [0, 0.05) is 14.1 Å². The zero-order valence-corrected chi connectivity index (χ0v) is 12.5. The Bertz CT molecular complexity index is 719. The third-order valence-corrected chi connectivity index (χ3v) is 4.72. The molecule has 0 aliphatic heterocycles. The van der Waals surface area contributed by atoms with E-state index in [1.165, 1.54) is 32.7 Å². The summed E-state index contributed by atoms with van der Waals surface area (Å²) in [6.07, 6.45) is 2.76. The molecular weight excluding hydrogens is 300 g/mol. The monoisotopic (exact) mass is 312 g/mol. The number of sulfonamides is 1. The van der Waals surface area contributed by atoms with Crippen LogP contribution < -0.4 is 5.32 Å². The number of nitrogens with one attached hydrogen (secondary N) is 1. The molecule has 1 aromatic heterocycles. The van der Waals surface area contributed by atoms with Crippen molar-refractivity contribution in [1.82, 2.24) is 14.3 Å². The van der Waals surface area contributed by atoms with Gasteiger partial charge in [-0.2, -0.15) is 0 Å². The highest BCUT2D eigenvalue weighted by molar-refractivity contribution is 7.89. The molecule has 1 aromatic carbocycles. The summed E-state index contributed by atoms with van der Waals surface area (Å²) in [6, 6.07) is 6.55. The molecule has 0 saturated carbocycles. The molecular formula is C12H13ClN4O2S. The fourth-order valence-electron chi connectivity index (χ4n) is 1.52. The molecule has 0 bridgehead atoms. The molecule has 2 rings (SSSR count). The first kappa shape index (κ1) is 14.7. The minimum atomic E-state index is -3.56. The molecule has 6 nitrogen and oxygen atoms in total. The smallest absolute Gasteiger partial charge is 0.244 e. The molecule has 106 valence electrons. The number of hydrogen-bond donors (Lipinski definition) is 1. The van der Waals surface area contributed by atoms with Gasteiger partial charge in [0.1, 0.15) is 16.2 Å². The fourth-order valence-corrected chi connectivity index (χ4v) is 2.72. The largest absolute Gasteiger partial charge is 0.338 e. The van der Waals surface area contributed by atoms with Gasteiger partial charge in [0.2, 0.25) is 10.0 Å². The van der Waals surface area contributed by atoms with Gasteiger partial charge >= 0.3 is 0 Å². The van der Waals surface area contributed by atoms with Crippen LogP contribution in [0.3, 0.4) is 0 Å². The molecule has 0 aliphatic carbocycles. The maximum absolute atomic E-state index is 12.2. The highest BCUT2D eigenvalue weighted by Gasteiger charge is 2.21. The molecule has 1 heterocycles. The number of aromatic nitrogens is 2. The molecule has 20 heavy (non-hydrogen) atoms. The molecule has 0 unspecified atom stereocenters. The van der Waals surface area contributed by atoms with E-state index in [1.54, 1.807) is 18.2 Å². The first-order chi connectivity index (χ1) is 9.43. The van der Waals surface area contributed by atoms with Crippen molar-refractivity contribution in [3.63, 3.8) is 0 Å². The number of rotatable bonds is 4. The Morgan fingerprint density at radius 2 is 1.95 bits per heavy atom. The van der Waals surface area contributed by atoms with Crippen molar-refractivity contribution in [3.05, 3.63) is 41.8 Å². The van der Waals surface area contributed by atoms with Gasteiger partial charge in [-0.1, -0.05) is 23.7 Å².